The van der Waals surface area contributed by atoms with Gasteiger partial charge < -0.3 is 10.4 Å². The van der Waals surface area contributed by atoms with E-state index in [-0.39, 0.29) is 17.2 Å². The molecule has 0 bridgehead atoms. The molecule has 0 saturated heterocycles. The molecule has 0 aliphatic heterocycles. The molecule has 2 rings (SSSR count). The molecule has 1 saturated carbocycles. The highest BCUT2D eigenvalue weighted by atomic mass is 16.4. The third-order valence-corrected chi connectivity index (χ3v) is 3.72. The topological polar surface area (TPSA) is 75.1 Å². The lowest BCUT2D eigenvalue weighted by atomic mass is 9.73. The van der Waals surface area contributed by atoms with Crippen molar-refractivity contribution >= 4 is 11.8 Å². The maximum atomic E-state index is 11.1. The summed E-state index contributed by atoms with van der Waals surface area (Å²) >= 11 is 0. The van der Waals surface area contributed by atoms with Crippen LogP contribution in [0.2, 0.25) is 0 Å². The summed E-state index contributed by atoms with van der Waals surface area (Å²) in [6.07, 6.45) is 7.52. The van der Waals surface area contributed by atoms with Crippen LogP contribution in [0, 0.1) is 5.41 Å². The number of anilines is 1. The summed E-state index contributed by atoms with van der Waals surface area (Å²) < 4.78 is 0. The molecule has 0 aromatic carbocycles. The van der Waals surface area contributed by atoms with Gasteiger partial charge in [0.05, 0.1) is 0 Å². The molecule has 1 fully saturated rings. The monoisotopic (exact) mass is 249 g/mol. The first-order valence-electron chi connectivity index (χ1n) is 6.31. The highest BCUT2D eigenvalue weighted by Gasteiger charge is 2.33. The largest absolute Gasteiger partial charge is 0.476 e. The van der Waals surface area contributed by atoms with Crippen LogP contribution in [-0.2, 0) is 0 Å². The fourth-order valence-corrected chi connectivity index (χ4v) is 2.53. The van der Waals surface area contributed by atoms with Crippen LogP contribution in [0.4, 0.5) is 5.82 Å². The van der Waals surface area contributed by atoms with E-state index < -0.39 is 5.97 Å². The average molecular weight is 249 g/mol. The van der Waals surface area contributed by atoms with E-state index >= 15 is 0 Å². The average Bonchev–Trinajstić information content (AvgIpc) is 2.32. The number of hydrogen-bond acceptors (Lipinski definition) is 4. The zero-order valence-electron chi connectivity index (χ0n) is 10.8. The van der Waals surface area contributed by atoms with Crippen LogP contribution < -0.4 is 5.32 Å². The predicted octanol–water partition coefficient (Wildman–Crippen LogP) is 2.56. The normalized spacial score (nSPS) is 22.4. The third-order valence-electron chi connectivity index (χ3n) is 3.72. The predicted molar refractivity (Wildman–Crippen MR) is 68.7 cm³/mol. The number of rotatable bonds is 3. The molecule has 1 unspecified atom stereocenters. The molecule has 1 aromatic rings. The summed E-state index contributed by atoms with van der Waals surface area (Å²) in [5.41, 5.74) is 0.157. The van der Waals surface area contributed by atoms with E-state index in [4.69, 9.17) is 5.11 Å². The molecule has 98 valence electrons. The SMILES string of the molecule is CC1(C)CCCCC1Nc1nccnc1C(=O)O. The number of aromatic carboxylic acids is 1. The second-order valence-electron chi connectivity index (χ2n) is 5.49. The fraction of sp³-hybridized carbons (Fsp3) is 0.615. The van der Waals surface area contributed by atoms with Gasteiger partial charge in [-0.1, -0.05) is 26.7 Å². The molecule has 1 aromatic heterocycles. The van der Waals surface area contributed by atoms with Crippen LogP contribution in [0.5, 0.6) is 0 Å². The minimum atomic E-state index is -1.04. The van der Waals surface area contributed by atoms with Crippen molar-refractivity contribution in [1.29, 1.82) is 0 Å². The molecule has 2 N–H and O–H groups in total. The summed E-state index contributed by atoms with van der Waals surface area (Å²) in [7, 11) is 0. The van der Waals surface area contributed by atoms with Crippen molar-refractivity contribution in [3.05, 3.63) is 18.1 Å². The van der Waals surface area contributed by atoms with Crippen LogP contribution in [0.3, 0.4) is 0 Å². The molecule has 0 amide bonds. The van der Waals surface area contributed by atoms with Gasteiger partial charge in [-0.2, -0.15) is 0 Å². The number of carbonyl (C=O) groups is 1. The smallest absolute Gasteiger partial charge is 0.358 e. The summed E-state index contributed by atoms with van der Waals surface area (Å²) in [6.45, 7) is 4.42. The Bertz CT molecular complexity index is 446. The van der Waals surface area contributed by atoms with Gasteiger partial charge in [-0.3, -0.25) is 0 Å². The Labute approximate surface area is 107 Å². The maximum Gasteiger partial charge on any atom is 0.358 e. The molecule has 5 nitrogen and oxygen atoms in total. The highest BCUT2D eigenvalue weighted by Crippen LogP contribution is 2.37. The number of carboxylic acids is 1. The molecule has 0 radical (unpaired) electrons. The van der Waals surface area contributed by atoms with Crippen molar-refractivity contribution in [2.24, 2.45) is 5.41 Å². The minimum absolute atomic E-state index is 0.00104. The Hall–Kier alpha value is -1.65. The summed E-state index contributed by atoms with van der Waals surface area (Å²) in [6, 6.07) is 0.251. The Balaban J connectivity index is 2.21. The number of hydrogen-bond donors (Lipinski definition) is 2. The first-order chi connectivity index (χ1) is 8.50. The van der Waals surface area contributed by atoms with Crippen molar-refractivity contribution in [3.63, 3.8) is 0 Å². The molecule has 18 heavy (non-hydrogen) atoms. The van der Waals surface area contributed by atoms with E-state index in [9.17, 15) is 4.79 Å². The van der Waals surface area contributed by atoms with Gasteiger partial charge in [0.1, 0.15) is 0 Å². The minimum Gasteiger partial charge on any atom is -0.476 e. The van der Waals surface area contributed by atoms with Gasteiger partial charge in [0.2, 0.25) is 0 Å². The number of nitrogens with one attached hydrogen (secondary N) is 1. The molecule has 1 atom stereocenters. The van der Waals surface area contributed by atoms with Gasteiger partial charge in [-0.15, -0.1) is 0 Å². The van der Waals surface area contributed by atoms with E-state index in [1.165, 1.54) is 25.2 Å². The quantitative estimate of drug-likeness (QED) is 0.861. The van der Waals surface area contributed by atoms with Crippen LogP contribution >= 0.6 is 0 Å². The van der Waals surface area contributed by atoms with Gasteiger partial charge in [0, 0.05) is 18.4 Å². The Kier molecular flexibility index (Phi) is 3.50. The van der Waals surface area contributed by atoms with Crippen molar-refractivity contribution in [2.45, 2.75) is 45.6 Å². The van der Waals surface area contributed by atoms with E-state index in [1.807, 2.05) is 0 Å². The lowest BCUT2D eigenvalue weighted by Gasteiger charge is -2.39. The zero-order chi connectivity index (χ0) is 13.2. The second kappa shape index (κ2) is 4.92. The van der Waals surface area contributed by atoms with E-state index in [2.05, 4.69) is 29.1 Å². The Morgan fingerprint density at radius 3 is 2.78 bits per heavy atom. The Morgan fingerprint density at radius 2 is 2.11 bits per heavy atom. The van der Waals surface area contributed by atoms with Crippen LogP contribution in [-0.4, -0.2) is 27.1 Å². The van der Waals surface area contributed by atoms with E-state index in [0.29, 0.717) is 5.82 Å². The number of aromatic nitrogens is 2. The first kappa shape index (κ1) is 12.8. The molecule has 1 aliphatic carbocycles. The standard InChI is InChI=1S/C13H19N3O2/c1-13(2)6-4-3-5-9(13)16-11-10(12(17)18)14-7-8-15-11/h7-9H,3-6H2,1-2H3,(H,15,16)(H,17,18). The Morgan fingerprint density at radius 1 is 1.39 bits per heavy atom. The molecule has 5 heteroatoms. The lowest BCUT2D eigenvalue weighted by Crippen LogP contribution is -2.39. The third kappa shape index (κ3) is 2.60. The van der Waals surface area contributed by atoms with Crippen LogP contribution in [0.25, 0.3) is 0 Å². The molecular formula is C13H19N3O2. The summed E-state index contributed by atoms with van der Waals surface area (Å²) in [5, 5.41) is 12.3. The molecular weight excluding hydrogens is 230 g/mol. The van der Waals surface area contributed by atoms with E-state index in [1.54, 1.807) is 0 Å². The van der Waals surface area contributed by atoms with Crippen LogP contribution in [0.15, 0.2) is 12.4 Å². The van der Waals surface area contributed by atoms with Gasteiger partial charge >= 0.3 is 5.97 Å². The van der Waals surface area contributed by atoms with Crippen molar-refractivity contribution in [2.75, 3.05) is 5.32 Å². The van der Waals surface area contributed by atoms with Gasteiger partial charge in [0.15, 0.2) is 11.5 Å². The molecule has 1 heterocycles. The van der Waals surface area contributed by atoms with E-state index in [0.717, 1.165) is 12.8 Å². The van der Waals surface area contributed by atoms with Crippen LogP contribution in [0.1, 0.15) is 50.0 Å². The van der Waals surface area contributed by atoms with Gasteiger partial charge in [0.25, 0.3) is 0 Å². The van der Waals surface area contributed by atoms with Crippen molar-refractivity contribution in [1.82, 2.24) is 9.97 Å². The van der Waals surface area contributed by atoms with Crippen molar-refractivity contribution < 1.29 is 9.90 Å². The van der Waals surface area contributed by atoms with Crippen molar-refractivity contribution in [3.8, 4) is 0 Å². The fourth-order valence-electron chi connectivity index (χ4n) is 2.53. The summed E-state index contributed by atoms with van der Waals surface area (Å²) in [4.78, 5) is 19.1. The van der Waals surface area contributed by atoms with Gasteiger partial charge in [-0.05, 0) is 18.3 Å². The zero-order valence-corrected chi connectivity index (χ0v) is 10.8. The highest BCUT2D eigenvalue weighted by molar-refractivity contribution is 5.90. The first-order valence-corrected chi connectivity index (χ1v) is 6.31. The van der Waals surface area contributed by atoms with Gasteiger partial charge in [-0.25, -0.2) is 14.8 Å². The maximum absolute atomic E-state index is 11.1. The second-order valence-corrected chi connectivity index (χ2v) is 5.49. The summed E-state index contributed by atoms with van der Waals surface area (Å²) in [5.74, 6) is -0.663. The lowest BCUT2D eigenvalue weighted by molar-refractivity contribution is 0.0691. The molecule has 1 aliphatic rings. The number of carboxylic acid groups (broad SMARTS) is 1. The molecule has 0 spiro atoms. The number of nitrogens with zero attached hydrogens (tertiary/aromatic N) is 2.